The van der Waals surface area contributed by atoms with Crippen LogP contribution in [-0.2, 0) is 30.2 Å². The highest BCUT2D eigenvalue weighted by Gasteiger charge is 2.47. The van der Waals surface area contributed by atoms with E-state index in [4.69, 9.17) is 22.6 Å². The van der Waals surface area contributed by atoms with Crippen LogP contribution in [0.1, 0.15) is 47.9 Å². The third-order valence-electron chi connectivity index (χ3n) is 19.1. The number of benzene rings is 14. The second-order valence-electron chi connectivity index (χ2n) is 24.2. The lowest BCUT2D eigenvalue weighted by atomic mass is 9.77. The molecule has 0 amide bonds. The smallest absolute Gasteiger partial charge is 0.408 e. The summed E-state index contributed by atoms with van der Waals surface area (Å²) in [6, 6.07) is 84.1. The molecule has 0 bridgehead atoms. The van der Waals surface area contributed by atoms with Gasteiger partial charge in [-0.1, -0.05) is 223 Å². The quantitative estimate of drug-likeness (QED) is 0.136. The van der Waals surface area contributed by atoms with Crippen LogP contribution in [0.2, 0.25) is 0 Å². The molecule has 2 aliphatic heterocycles. The molecule has 18 rings (SSSR count). The molecule has 0 saturated carbocycles. The molecule has 89 heavy (non-hydrogen) atoms. The lowest BCUT2D eigenvalue weighted by Crippen LogP contribution is -2.10. The lowest BCUT2D eigenvalue weighted by Gasteiger charge is -2.28. The zero-order valence-corrected chi connectivity index (χ0v) is 50.4. The second kappa shape index (κ2) is 20.4. The first kappa shape index (κ1) is 52.4. The van der Waals surface area contributed by atoms with Crippen molar-refractivity contribution < 1.29 is 27.6 Å². The first-order valence-electron chi connectivity index (χ1n) is 31.0. The van der Waals surface area contributed by atoms with Gasteiger partial charge in [-0.2, -0.15) is 0 Å². The van der Waals surface area contributed by atoms with Crippen molar-refractivity contribution in [2.45, 2.75) is 51.4 Å². The molecule has 2 heterocycles. The number of nitrogens with zero attached hydrogens (tertiary/aromatic N) is 1. The van der Waals surface area contributed by atoms with Gasteiger partial charge >= 0.3 is 15.5 Å². The highest BCUT2D eigenvalue weighted by Crippen LogP contribution is 2.71. The van der Waals surface area contributed by atoms with Crippen molar-refractivity contribution in [2.75, 3.05) is 0 Å². The predicted octanol–water partition coefficient (Wildman–Crippen LogP) is 22.7. The fourth-order valence-electron chi connectivity index (χ4n) is 15.2. The summed E-state index contributed by atoms with van der Waals surface area (Å²) in [7, 11) is -10.2. The minimum Gasteiger partial charge on any atom is -0.408 e. The molecule has 0 spiro atoms. The molecular formula is C80H57NO6P2. The molecule has 14 aromatic rings. The van der Waals surface area contributed by atoms with Gasteiger partial charge in [0, 0.05) is 44.2 Å². The first-order valence-corrected chi connectivity index (χ1v) is 34.0. The van der Waals surface area contributed by atoms with Gasteiger partial charge in [0.05, 0.1) is 0 Å². The monoisotopic (exact) mass is 1190 g/mol. The molecular weight excluding hydrogens is 1130 g/mol. The maximum atomic E-state index is 17.8. The van der Waals surface area contributed by atoms with Gasteiger partial charge in [0.2, 0.25) is 0 Å². The van der Waals surface area contributed by atoms with Gasteiger partial charge in [0.15, 0.2) is 0 Å². The average Bonchev–Trinajstić information content (AvgIpc) is 1.75. The third kappa shape index (κ3) is 8.44. The zero-order valence-electron chi connectivity index (χ0n) is 48.6. The Morgan fingerprint density at radius 3 is 1.13 bits per heavy atom. The van der Waals surface area contributed by atoms with E-state index in [0.717, 1.165) is 183 Å². The van der Waals surface area contributed by atoms with Crippen LogP contribution in [0.4, 0.5) is 0 Å². The lowest BCUT2D eigenvalue weighted by molar-refractivity contribution is 0.362. The van der Waals surface area contributed by atoms with Crippen LogP contribution >= 0.6 is 15.5 Å². The van der Waals surface area contributed by atoms with Gasteiger partial charge in [-0.3, -0.25) is 4.89 Å². The normalized spacial score (nSPS) is 15.2. The Hall–Kier alpha value is -9.74. The third-order valence-corrected chi connectivity index (χ3v) is 22.5. The van der Waals surface area contributed by atoms with E-state index in [0.29, 0.717) is 34.1 Å². The molecule has 14 aromatic carbocycles. The average molecular weight is 1190 g/mol. The summed E-state index contributed by atoms with van der Waals surface area (Å²) in [5.41, 5.74) is 14.9. The molecule has 7 nitrogen and oxygen atoms in total. The van der Waals surface area contributed by atoms with Crippen LogP contribution < -0.4 is 18.1 Å². The van der Waals surface area contributed by atoms with Crippen LogP contribution in [0, 0.1) is 0 Å². The SMILES string of the molecule is O=P1(N=P2(O)Oc3c(c(-c4ccccc4)cc4ccc5ccccc5c34)-c3c(-c4ccccc4)cc4ccc5ccccc5c4c3O2)Oc2c(-c3cccc4ccccc34)cc3c(c2-c2c4c(cc(-c5cccc6ccccc56)c2O1)CCCC4)CCCC3. The summed E-state index contributed by atoms with van der Waals surface area (Å²) in [4.78, 5) is 14.6. The predicted molar refractivity (Wildman–Crippen MR) is 366 cm³/mol. The molecule has 0 aromatic heterocycles. The fourth-order valence-corrected chi connectivity index (χ4v) is 18.6. The van der Waals surface area contributed by atoms with Gasteiger partial charge in [-0.15, -0.1) is 0 Å². The van der Waals surface area contributed by atoms with Gasteiger partial charge in [-0.05, 0) is 185 Å². The minimum absolute atomic E-state index is 0.339. The minimum atomic E-state index is -5.17. The van der Waals surface area contributed by atoms with Gasteiger partial charge in [-0.25, -0.2) is 4.57 Å². The number of fused-ring (bicyclic) bond motifs is 20. The Labute approximate surface area is 515 Å². The van der Waals surface area contributed by atoms with E-state index in [9.17, 15) is 4.89 Å². The molecule has 9 heteroatoms. The number of rotatable bonds is 5. The zero-order chi connectivity index (χ0) is 59.0. The summed E-state index contributed by atoms with van der Waals surface area (Å²) >= 11 is 0. The summed E-state index contributed by atoms with van der Waals surface area (Å²) in [6.45, 7) is 0. The Morgan fingerprint density at radius 2 is 0.685 bits per heavy atom. The molecule has 2 aliphatic carbocycles. The summed E-state index contributed by atoms with van der Waals surface area (Å²) in [5.74, 6) is 1.49. The van der Waals surface area contributed by atoms with Gasteiger partial charge in [0.25, 0.3) is 0 Å². The van der Waals surface area contributed by atoms with Crippen LogP contribution in [0.3, 0.4) is 0 Å². The molecule has 0 saturated heterocycles. The largest absolute Gasteiger partial charge is 0.569 e. The van der Waals surface area contributed by atoms with Gasteiger partial charge < -0.3 is 18.1 Å². The molecule has 0 atom stereocenters. The van der Waals surface area contributed by atoms with E-state index < -0.39 is 15.5 Å². The molecule has 4 aliphatic rings. The summed E-state index contributed by atoms with van der Waals surface area (Å²) in [6.07, 6.45) is 7.34. The molecule has 428 valence electrons. The highest BCUT2D eigenvalue weighted by molar-refractivity contribution is 7.64. The molecule has 0 unspecified atom stereocenters. The van der Waals surface area contributed by atoms with E-state index in [1.807, 2.05) is 60.7 Å². The van der Waals surface area contributed by atoms with E-state index in [1.54, 1.807) is 0 Å². The highest BCUT2D eigenvalue weighted by atomic mass is 31.2. The molecule has 0 fully saturated rings. The Kier molecular flexibility index (Phi) is 12.0. The maximum absolute atomic E-state index is 17.8. The maximum Gasteiger partial charge on any atom is 0.569 e. The van der Waals surface area contributed by atoms with Crippen molar-refractivity contribution in [1.82, 2.24) is 0 Å². The standard InChI is InChI=1S/C80H57NO6P2/c82-88(84-77-69(65-39-19-31-49-25-7-13-33-59(49)65)45-55-29-11-17-37-63(55)73(77)74-64-38-18-12-30-56(64)46-70(78(74)85-88)66-40-20-32-50-26-8-14-34-60(50)66)81-89(83)86-79-71-57(43-41-53-27-9-15-35-61(53)71)47-67(51-21-3-1-4-22-51)75(79)76-68(52-23-5-2-6-24-52)48-58-44-42-54-28-10-16-36-62(54)72(58)80(76)87-89/h1-10,13-16,19-28,31-36,39-48,83H,11-12,17-18,29-30,37-38H2. The summed E-state index contributed by atoms with van der Waals surface area (Å²) < 4.78 is 53.5. The summed E-state index contributed by atoms with van der Waals surface area (Å²) in [5, 5.41) is 11.1. The molecule has 0 radical (unpaired) electrons. The second-order valence-corrected chi connectivity index (χ2v) is 27.5. The van der Waals surface area contributed by atoms with Crippen LogP contribution in [0.25, 0.3) is 131 Å². The van der Waals surface area contributed by atoms with Crippen molar-refractivity contribution in [3.05, 3.63) is 265 Å². The van der Waals surface area contributed by atoms with Crippen molar-refractivity contribution in [3.8, 4) is 89.8 Å². The van der Waals surface area contributed by atoms with Crippen LogP contribution in [-0.4, -0.2) is 4.89 Å². The van der Waals surface area contributed by atoms with Crippen molar-refractivity contribution >= 4 is 80.1 Å². The Morgan fingerprint density at radius 1 is 0.315 bits per heavy atom. The molecule has 1 N–H and O–H groups in total. The van der Waals surface area contributed by atoms with Crippen LogP contribution in [0.5, 0.6) is 23.0 Å². The first-order chi connectivity index (χ1) is 43.8. The van der Waals surface area contributed by atoms with E-state index in [1.165, 1.54) is 11.1 Å². The van der Waals surface area contributed by atoms with Crippen molar-refractivity contribution in [2.24, 2.45) is 4.52 Å². The fraction of sp³-hybridized carbons (Fsp3) is 0.100. The van der Waals surface area contributed by atoms with Crippen molar-refractivity contribution in [1.29, 1.82) is 0 Å². The topological polar surface area (TPSA) is 86.6 Å². The van der Waals surface area contributed by atoms with Crippen LogP contribution in [0.15, 0.2) is 247 Å². The van der Waals surface area contributed by atoms with E-state index in [-0.39, 0.29) is 0 Å². The number of hydrogen-bond acceptors (Lipinski definition) is 5. The van der Waals surface area contributed by atoms with E-state index in [2.05, 4.69) is 182 Å². The number of hydrogen-bond donors (Lipinski definition) is 1. The van der Waals surface area contributed by atoms with E-state index >= 15 is 4.57 Å². The van der Waals surface area contributed by atoms with Crippen molar-refractivity contribution in [3.63, 3.8) is 0 Å². The van der Waals surface area contributed by atoms with Gasteiger partial charge in [0.1, 0.15) is 23.0 Å². The Bertz CT molecular complexity index is 5130. The number of aryl methyl sites for hydroxylation is 2. The Balaban J connectivity index is 1.01.